The van der Waals surface area contributed by atoms with Crippen LogP contribution in [0.1, 0.15) is 31.0 Å². The van der Waals surface area contributed by atoms with Crippen LogP contribution in [0.2, 0.25) is 0 Å². The summed E-state index contributed by atoms with van der Waals surface area (Å²) in [6, 6.07) is 10.4. The molecule has 10 nitrogen and oxygen atoms in total. The van der Waals surface area contributed by atoms with Crippen LogP contribution < -0.4 is 11.1 Å². The van der Waals surface area contributed by atoms with E-state index in [0.717, 1.165) is 18.7 Å². The van der Waals surface area contributed by atoms with Crippen molar-refractivity contribution < 1.29 is 22.8 Å². The van der Waals surface area contributed by atoms with Gasteiger partial charge in [-0.3, -0.25) is 14.6 Å². The minimum Gasteiger partial charge on any atom is -0.383 e. The molecule has 0 unspecified atom stereocenters. The van der Waals surface area contributed by atoms with Crippen LogP contribution in [0, 0.1) is 12.3 Å². The van der Waals surface area contributed by atoms with Crippen molar-refractivity contribution in [2.24, 2.45) is 5.41 Å². The number of benzene rings is 1. The van der Waals surface area contributed by atoms with Gasteiger partial charge in [-0.05, 0) is 94.2 Å². The van der Waals surface area contributed by atoms with Crippen LogP contribution >= 0.6 is 15.9 Å². The highest BCUT2D eigenvalue weighted by Gasteiger charge is 2.64. The highest BCUT2D eigenvalue weighted by atomic mass is 79.9. The first-order valence-electron chi connectivity index (χ1n) is 14.2. The van der Waals surface area contributed by atoms with Crippen molar-refractivity contribution in [1.29, 1.82) is 0 Å². The molecule has 0 spiro atoms. The van der Waals surface area contributed by atoms with E-state index < -0.39 is 17.9 Å². The van der Waals surface area contributed by atoms with Gasteiger partial charge >= 0.3 is 6.18 Å². The van der Waals surface area contributed by atoms with Gasteiger partial charge in [-0.25, -0.2) is 15.0 Å². The monoisotopic (exact) mass is 678 g/mol. The zero-order valence-corrected chi connectivity index (χ0v) is 25.6. The Hall–Kier alpha value is -4.59. The third kappa shape index (κ3) is 4.96. The Morgan fingerprint density at radius 1 is 1.11 bits per heavy atom. The number of carbonyl (C=O) groups excluding carboxylic acids is 2. The van der Waals surface area contributed by atoms with E-state index in [0.29, 0.717) is 55.5 Å². The Morgan fingerprint density at radius 3 is 2.67 bits per heavy atom. The van der Waals surface area contributed by atoms with E-state index in [-0.39, 0.29) is 35.6 Å². The zero-order chi connectivity index (χ0) is 31.8. The predicted octanol–water partition coefficient (Wildman–Crippen LogP) is 5.73. The summed E-state index contributed by atoms with van der Waals surface area (Å²) in [5.41, 5.74) is 7.78. The average Bonchev–Trinajstić information content (AvgIpc) is 3.38. The topological polar surface area (TPSA) is 132 Å². The number of piperidine rings is 1. The molecule has 5 heterocycles. The number of amides is 2. The predicted molar refractivity (Wildman–Crippen MR) is 165 cm³/mol. The van der Waals surface area contributed by atoms with Crippen LogP contribution in [-0.4, -0.2) is 53.3 Å². The number of nitrogens with zero attached hydrogens (tertiary/aromatic N) is 6. The Morgan fingerprint density at radius 2 is 1.91 bits per heavy atom. The number of aryl methyl sites for hydroxylation is 1. The lowest BCUT2D eigenvalue weighted by Gasteiger charge is -2.27. The van der Waals surface area contributed by atoms with Gasteiger partial charge in [0.15, 0.2) is 0 Å². The van der Waals surface area contributed by atoms with Crippen molar-refractivity contribution in [2.75, 3.05) is 11.1 Å². The molecule has 1 aromatic carbocycles. The fraction of sp³-hybridized carbons (Fsp3) is 0.290. The summed E-state index contributed by atoms with van der Waals surface area (Å²) in [5.74, 6) is -0.0159. The van der Waals surface area contributed by atoms with Crippen LogP contribution in [0.5, 0.6) is 0 Å². The molecule has 4 aromatic heterocycles. The minimum atomic E-state index is -4.60. The molecule has 5 aromatic rings. The molecule has 3 N–H and O–H groups in total. The molecule has 0 radical (unpaired) electrons. The number of hydrogen-bond donors (Lipinski definition) is 2. The number of nitrogen functional groups attached to an aromatic ring is 1. The summed E-state index contributed by atoms with van der Waals surface area (Å²) in [5, 5.41) is 3.93. The number of carbonyl (C=O) groups is 2. The molecule has 2 amide bonds. The van der Waals surface area contributed by atoms with Crippen molar-refractivity contribution in [3.8, 4) is 11.1 Å². The van der Waals surface area contributed by atoms with Gasteiger partial charge in [0, 0.05) is 17.6 Å². The highest BCUT2D eigenvalue weighted by molar-refractivity contribution is 9.10. The number of fused-ring (bicyclic) bond motifs is 4. The van der Waals surface area contributed by atoms with Crippen LogP contribution in [0.3, 0.4) is 0 Å². The van der Waals surface area contributed by atoms with E-state index in [4.69, 9.17) is 5.73 Å². The second kappa shape index (κ2) is 10.2. The van der Waals surface area contributed by atoms with Gasteiger partial charge < -0.3 is 20.5 Å². The number of nitrogens with one attached hydrogen (secondary N) is 1. The summed E-state index contributed by atoms with van der Waals surface area (Å²) >= 11 is 3.31. The molecule has 2 fully saturated rings. The second-order valence-electron chi connectivity index (χ2n) is 11.9. The van der Waals surface area contributed by atoms with Gasteiger partial charge in [0.2, 0.25) is 11.8 Å². The standard InChI is InChI=1S/C31H26BrF3N8O2/c1-15-8-17(16-6-7-37-20(10-16)31(33,34)35)9-18-25-27(36)38-14-39-28(25)42(26(15)18)13-24(44)43-19(11-30(2)12-21(30)43)29(45)41-23-5-3-4-22(32)40-23/h3-10,14,19,21H,11-13H2,1-2H3,(H2,36,38,39)(H,40,41,45)/t19-,21+,30-/m0/s1. The Balaban J connectivity index is 1.27. The Kier molecular flexibility index (Phi) is 6.62. The SMILES string of the molecule is Cc1cc(-c2ccnc(C(F)(F)F)c2)cc2c3c(N)ncnc3n(CC(=O)N3[C@H](C(=O)Nc4cccc(Br)n4)C[C@@]4(C)C[C@@H]34)c12. The number of aromatic nitrogens is 5. The quantitative estimate of drug-likeness (QED) is 0.227. The number of rotatable bonds is 5. The van der Waals surface area contributed by atoms with Gasteiger partial charge in [0.05, 0.1) is 10.9 Å². The summed E-state index contributed by atoms with van der Waals surface area (Å²) in [7, 11) is 0. The molecule has 2 aliphatic rings. The number of halogens is 4. The third-order valence-corrected chi connectivity index (χ3v) is 9.26. The summed E-state index contributed by atoms with van der Waals surface area (Å²) in [6.07, 6.45) is -0.840. The van der Waals surface area contributed by atoms with E-state index in [1.807, 2.05) is 6.92 Å². The Labute approximate surface area is 263 Å². The summed E-state index contributed by atoms with van der Waals surface area (Å²) in [4.78, 5) is 45.6. The van der Waals surface area contributed by atoms with Gasteiger partial charge in [-0.2, -0.15) is 13.2 Å². The molecule has 45 heavy (non-hydrogen) atoms. The van der Waals surface area contributed by atoms with Crippen LogP contribution in [0.15, 0.2) is 59.6 Å². The van der Waals surface area contributed by atoms with E-state index >= 15 is 0 Å². The number of alkyl halides is 3. The minimum absolute atomic E-state index is 0.0776. The molecule has 230 valence electrons. The largest absolute Gasteiger partial charge is 0.433 e. The summed E-state index contributed by atoms with van der Waals surface area (Å²) < 4.78 is 42.6. The van der Waals surface area contributed by atoms with Gasteiger partial charge in [0.1, 0.15) is 46.5 Å². The average molecular weight is 680 g/mol. The number of nitrogens with two attached hydrogens (primary N) is 1. The van der Waals surface area contributed by atoms with Crippen molar-refractivity contribution in [3.05, 3.63) is 70.8 Å². The smallest absolute Gasteiger partial charge is 0.383 e. The first-order valence-corrected chi connectivity index (χ1v) is 14.9. The normalized spacial score (nSPS) is 20.9. The fourth-order valence-electron chi connectivity index (χ4n) is 6.64. The molecule has 0 bridgehead atoms. The van der Waals surface area contributed by atoms with E-state index in [2.05, 4.69) is 48.1 Å². The fourth-order valence-corrected chi connectivity index (χ4v) is 6.98. The van der Waals surface area contributed by atoms with Crippen molar-refractivity contribution in [1.82, 2.24) is 29.4 Å². The van der Waals surface area contributed by atoms with Gasteiger partial charge in [0.25, 0.3) is 0 Å². The second-order valence-corrected chi connectivity index (χ2v) is 12.7. The first-order chi connectivity index (χ1) is 21.3. The van der Waals surface area contributed by atoms with Crippen molar-refractivity contribution in [3.63, 3.8) is 0 Å². The molecule has 1 aliphatic carbocycles. The van der Waals surface area contributed by atoms with Crippen LogP contribution in [-0.2, 0) is 22.3 Å². The third-order valence-electron chi connectivity index (χ3n) is 8.82. The van der Waals surface area contributed by atoms with Crippen LogP contribution in [0.4, 0.5) is 24.8 Å². The maximum Gasteiger partial charge on any atom is 0.433 e. The zero-order valence-electron chi connectivity index (χ0n) is 24.1. The lowest BCUT2D eigenvalue weighted by atomic mass is 10.00. The maximum atomic E-state index is 14.1. The highest BCUT2D eigenvalue weighted by Crippen LogP contribution is 2.59. The van der Waals surface area contributed by atoms with Crippen molar-refractivity contribution in [2.45, 2.75) is 51.5 Å². The van der Waals surface area contributed by atoms with Gasteiger partial charge in [-0.15, -0.1) is 0 Å². The molecular weight excluding hydrogens is 653 g/mol. The molecule has 3 atom stereocenters. The van der Waals surface area contributed by atoms with E-state index in [1.165, 1.54) is 12.4 Å². The van der Waals surface area contributed by atoms with Gasteiger partial charge in [-0.1, -0.05) is 13.0 Å². The first kappa shape index (κ1) is 29.1. The van der Waals surface area contributed by atoms with E-state index in [1.54, 1.807) is 39.8 Å². The number of hydrogen-bond acceptors (Lipinski definition) is 7. The molecule has 14 heteroatoms. The van der Waals surface area contributed by atoms with Crippen LogP contribution in [0.25, 0.3) is 33.1 Å². The molecule has 1 saturated carbocycles. The Bertz CT molecular complexity index is 2050. The molecule has 1 saturated heterocycles. The lowest BCUT2D eigenvalue weighted by molar-refractivity contribution is -0.141. The molecular formula is C31H26BrF3N8O2. The van der Waals surface area contributed by atoms with E-state index in [9.17, 15) is 22.8 Å². The molecule has 1 aliphatic heterocycles. The lowest BCUT2D eigenvalue weighted by Crippen LogP contribution is -2.46. The number of likely N-dealkylation sites (tertiary alicyclic amines) is 1. The summed E-state index contributed by atoms with van der Waals surface area (Å²) in [6.45, 7) is 3.76. The number of pyridine rings is 2. The number of anilines is 2. The molecule has 7 rings (SSSR count). The maximum absolute atomic E-state index is 14.1. The van der Waals surface area contributed by atoms with Crippen molar-refractivity contribution >= 4 is 61.3 Å².